The normalized spacial score (nSPS) is 21.7. The molecule has 0 N–H and O–H groups in total. The Hall–Kier alpha value is -0.310. The Morgan fingerprint density at radius 1 is 1.31 bits per heavy atom. The monoisotopic (exact) mass is 284 g/mol. The van der Waals surface area contributed by atoms with E-state index < -0.39 is 0 Å². The van der Waals surface area contributed by atoms with Crippen LogP contribution < -0.4 is 0 Å². The highest BCUT2D eigenvalue weighted by Crippen LogP contribution is 2.27. The summed E-state index contributed by atoms with van der Waals surface area (Å²) in [6.45, 7) is 2.24. The van der Waals surface area contributed by atoms with Crippen LogP contribution >= 0.6 is 22.6 Å². The molecule has 13 heavy (non-hydrogen) atoms. The number of rotatable bonds is 0. The largest absolute Gasteiger partial charge is 0.0778 e. The average Bonchev–Trinajstić information content (AvgIpc) is 2.28. The number of hydrogen-bond donors (Lipinski definition) is 0. The van der Waals surface area contributed by atoms with Crippen molar-refractivity contribution in [1.82, 2.24) is 0 Å². The summed E-state index contributed by atoms with van der Waals surface area (Å²) >= 11 is 2.54. The van der Waals surface area contributed by atoms with Gasteiger partial charge in [-0.05, 0) is 30.9 Å². The van der Waals surface area contributed by atoms with Crippen LogP contribution in [0.5, 0.6) is 0 Å². The molecule has 1 aliphatic carbocycles. The van der Waals surface area contributed by atoms with Crippen LogP contribution in [0.4, 0.5) is 0 Å². The maximum Gasteiger partial charge on any atom is 0.0322 e. The van der Waals surface area contributed by atoms with Gasteiger partial charge in [0.05, 0.1) is 0 Å². The minimum absolute atomic E-state index is 0.713. The first-order valence-corrected chi connectivity index (χ1v) is 5.92. The third-order valence-electron chi connectivity index (χ3n) is 2.60. The molecule has 1 aromatic carbocycles. The summed E-state index contributed by atoms with van der Waals surface area (Å²) in [6, 6.07) is 8.72. The van der Waals surface area contributed by atoms with Gasteiger partial charge in [0.2, 0.25) is 0 Å². The minimum Gasteiger partial charge on any atom is -0.0778 e. The Morgan fingerprint density at radius 2 is 2.08 bits per heavy atom. The lowest BCUT2D eigenvalue weighted by Gasteiger charge is -2.05. The molecular formula is C12H13I. The summed E-state index contributed by atoms with van der Waals surface area (Å²) in [4.78, 5) is 0. The van der Waals surface area contributed by atoms with Crippen molar-refractivity contribution in [3.8, 4) is 0 Å². The number of aryl methyl sites for hydroxylation is 1. The highest BCUT2D eigenvalue weighted by atomic mass is 127. The summed E-state index contributed by atoms with van der Waals surface area (Å²) in [6.07, 6.45) is 4.83. The number of benzene rings is 1. The van der Waals surface area contributed by atoms with Gasteiger partial charge in [0.15, 0.2) is 0 Å². The first-order valence-electron chi connectivity index (χ1n) is 4.67. The Bertz CT molecular complexity index is 339. The number of fused-ring (bicyclic) bond motifs is 1. The number of hydrogen-bond acceptors (Lipinski definition) is 0. The fourth-order valence-corrected chi connectivity index (χ4v) is 2.24. The van der Waals surface area contributed by atoms with Gasteiger partial charge in [-0.25, -0.2) is 0 Å². The van der Waals surface area contributed by atoms with Crippen molar-refractivity contribution in [3.63, 3.8) is 0 Å². The lowest BCUT2D eigenvalue weighted by Crippen LogP contribution is -1.98. The zero-order chi connectivity index (χ0) is 9.26. The van der Waals surface area contributed by atoms with Crippen molar-refractivity contribution in [1.29, 1.82) is 0 Å². The van der Waals surface area contributed by atoms with E-state index in [1.54, 1.807) is 0 Å². The van der Waals surface area contributed by atoms with Crippen LogP contribution in [0.2, 0.25) is 0 Å². The van der Waals surface area contributed by atoms with Gasteiger partial charge in [-0.15, -0.1) is 0 Å². The molecule has 0 saturated heterocycles. The highest BCUT2D eigenvalue weighted by Gasteiger charge is 2.12. The van der Waals surface area contributed by atoms with Crippen LogP contribution in [0.15, 0.2) is 29.8 Å². The van der Waals surface area contributed by atoms with E-state index in [0.717, 1.165) is 0 Å². The SMILES string of the molecule is CC1=Cc2ccccc2CCC1I. The summed E-state index contributed by atoms with van der Waals surface area (Å²) in [5.74, 6) is 0. The van der Waals surface area contributed by atoms with Crippen LogP contribution in [-0.2, 0) is 6.42 Å². The van der Waals surface area contributed by atoms with E-state index >= 15 is 0 Å². The van der Waals surface area contributed by atoms with Gasteiger partial charge in [-0.3, -0.25) is 0 Å². The van der Waals surface area contributed by atoms with Crippen LogP contribution in [0.1, 0.15) is 24.5 Å². The van der Waals surface area contributed by atoms with Crippen LogP contribution in [0.25, 0.3) is 6.08 Å². The second-order valence-corrected chi connectivity index (χ2v) is 5.10. The molecule has 0 radical (unpaired) electrons. The topological polar surface area (TPSA) is 0 Å². The van der Waals surface area contributed by atoms with E-state index in [4.69, 9.17) is 0 Å². The zero-order valence-corrected chi connectivity index (χ0v) is 9.91. The van der Waals surface area contributed by atoms with E-state index in [9.17, 15) is 0 Å². The molecule has 0 aliphatic heterocycles. The highest BCUT2D eigenvalue weighted by molar-refractivity contribution is 14.1. The first kappa shape index (κ1) is 9.25. The molecule has 0 fully saturated rings. The van der Waals surface area contributed by atoms with Crippen molar-refractivity contribution in [2.24, 2.45) is 0 Å². The Balaban J connectivity index is 2.45. The third kappa shape index (κ3) is 1.96. The van der Waals surface area contributed by atoms with E-state index in [1.165, 1.54) is 29.5 Å². The van der Waals surface area contributed by atoms with E-state index in [1.807, 2.05) is 0 Å². The molecule has 1 aromatic rings. The summed E-state index contributed by atoms with van der Waals surface area (Å²) in [7, 11) is 0. The predicted octanol–water partition coefficient (Wildman–Crippen LogP) is 3.84. The molecule has 1 unspecified atom stereocenters. The van der Waals surface area contributed by atoms with Gasteiger partial charge >= 0.3 is 0 Å². The standard InChI is InChI=1S/C12H13I/c1-9-8-11-5-3-2-4-10(11)6-7-12(9)13/h2-5,8,12H,6-7H2,1H3. The maximum atomic E-state index is 2.54. The van der Waals surface area contributed by atoms with Gasteiger partial charge in [-0.1, -0.05) is 58.5 Å². The molecule has 1 atom stereocenters. The predicted molar refractivity (Wildman–Crippen MR) is 66.2 cm³/mol. The Kier molecular flexibility index (Phi) is 2.72. The fourth-order valence-electron chi connectivity index (χ4n) is 1.75. The van der Waals surface area contributed by atoms with E-state index in [-0.39, 0.29) is 0 Å². The molecule has 0 nitrogen and oxygen atoms in total. The summed E-state index contributed by atoms with van der Waals surface area (Å²) < 4.78 is 0.713. The van der Waals surface area contributed by atoms with Crippen molar-refractivity contribution >= 4 is 28.7 Å². The molecule has 0 bridgehead atoms. The minimum atomic E-state index is 0.713. The van der Waals surface area contributed by atoms with Crippen LogP contribution in [-0.4, -0.2) is 3.92 Å². The number of halogens is 1. The molecule has 0 saturated carbocycles. The zero-order valence-electron chi connectivity index (χ0n) is 7.76. The molecule has 0 spiro atoms. The van der Waals surface area contributed by atoms with Gasteiger partial charge in [0, 0.05) is 3.92 Å². The van der Waals surface area contributed by atoms with Crippen LogP contribution in [0, 0.1) is 0 Å². The molecule has 0 amide bonds. The number of alkyl halides is 1. The number of allylic oxidation sites excluding steroid dienone is 1. The lowest BCUT2D eigenvalue weighted by molar-refractivity contribution is 0.859. The third-order valence-corrected chi connectivity index (χ3v) is 4.20. The van der Waals surface area contributed by atoms with Crippen molar-refractivity contribution in [2.45, 2.75) is 23.7 Å². The van der Waals surface area contributed by atoms with Crippen molar-refractivity contribution in [3.05, 3.63) is 41.0 Å². The molecule has 2 rings (SSSR count). The Labute approximate surface area is 93.2 Å². The average molecular weight is 284 g/mol. The smallest absolute Gasteiger partial charge is 0.0322 e. The van der Waals surface area contributed by atoms with Gasteiger partial charge in [-0.2, -0.15) is 0 Å². The molecule has 0 aromatic heterocycles. The second-order valence-electron chi connectivity index (χ2n) is 3.59. The lowest BCUT2D eigenvalue weighted by atomic mass is 10.1. The van der Waals surface area contributed by atoms with E-state index in [2.05, 4.69) is 59.9 Å². The van der Waals surface area contributed by atoms with Crippen molar-refractivity contribution in [2.75, 3.05) is 0 Å². The van der Waals surface area contributed by atoms with Gasteiger partial charge in [0.1, 0.15) is 0 Å². The van der Waals surface area contributed by atoms with Gasteiger partial charge in [0.25, 0.3) is 0 Å². The second kappa shape index (κ2) is 3.82. The fraction of sp³-hybridized carbons (Fsp3) is 0.333. The summed E-state index contributed by atoms with van der Waals surface area (Å²) in [5, 5.41) is 0. The molecule has 1 heteroatoms. The maximum absolute atomic E-state index is 2.54. The summed E-state index contributed by atoms with van der Waals surface area (Å²) in [5.41, 5.74) is 4.42. The van der Waals surface area contributed by atoms with Crippen LogP contribution in [0.3, 0.4) is 0 Å². The molecule has 68 valence electrons. The molecule has 0 heterocycles. The van der Waals surface area contributed by atoms with Crippen molar-refractivity contribution < 1.29 is 0 Å². The quantitative estimate of drug-likeness (QED) is 0.501. The Morgan fingerprint density at radius 3 is 2.92 bits per heavy atom. The van der Waals surface area contributed by atoms with Gasteiger partial charge < -0.3 is 0 Å². The van der Waals surface area contributed by atoms with E-state index in [0.29, 0.717) is 3.92 Å². The molecule has 1 aliphatic rings. The first-order chi connectivity index (χ1) is 6.27. The molecular weight excluding hydrogens is 271 g/mol.